The van der Waals surface area contributed by atoms with Crippen molar-refractivity contribution < 1.29 is 19.4 Å². The number of rotatable bonds is 7. The maximum atomic E-state index is 10.5. The second kappa shape index (κ2) is 7.35. The Hall–Kier alpha value is -1.27. The fraction of sp³-hybridized carbons (Fsp3) is 0.462. The van der Waals surface area contributed by atoms with Crippen molar-refractivity contribution in [1.82, 2.24) is 4.90 Å². The second-order valence-corrected chi connectivity index (χ2v) is 5.03. The van der Waals surface area contributed by atoms with Gasteiger partial charge in [-0.25, -0.2) is 0 Å². The number of hydrogen-bond donors (Lipinski definition) is 1. The molecule has 1 rings (SSSR count). The average molecular weight is 332 g/mol. The molecule has 19 heavy (non-hydrogen) atoms. The largest absolute Gasteiger partial charge is 0.493 e. The molecule has 0 heterocycles. The molecule has 5 nitrogen and oxygen atoms in total. The first-order chi connectivity index (χ1) is 8.97. The van der Waals surface area contributed by atoms with Gasteiger partial charge in [-0.1, -0.05) is 15.9 Å². The molecule has 0 aliphatic heterocycles. The van der Waals surface area contributed by atoms with E-state index in [9.17, 15) is 4.79 Å². The topological polar surface area (TPSA) is 59.0 Å². The van der Waals surface area contributed by atoms with E-state index in [0.717, 1.165) is 10.0 Å². The van der Waals surface area contributed by atoms with E-state index in [0.29, 0.717) is 24.6 Å². The Morgan fingerprint density at radius 2 is 1.89 bits per heavy atom. The summed E-state index contributed by atoms with van der Waals surface area (Å²) >= 11 is 3.48. The normalized spacial score (nSPS) is 10.6. The van der Waals surface area contributed by atoms with E-state index in [1.807, 2.05) is 24.1 Å². The lowest BCUT2D eigenvalue weighted by molar-refractivity contribution is -0.137. The van der Waals surface area contributed by atoms with Gasteiger partial charge >= 0.3 is 5.97 Å². The van der Waals surface area contributed by atoms with Gasteiger partial charge in [0.1, 0.15) is 0 Å². The first kappa shape index (κ1) is 15.8. The van der Waals surface area contributed by atoms with E-state index >= 15 is 0 Å². The van der Waals surface area contributed by atoms with Crippen molar-refractivity contribution in [3.63, 3.8) is 0 Å². The summed E-state index contributed by atoms with van der Waals surface area (Å²) in [5.41, 5.74) is 1.02. The van der Waals surface area contributed by atoms with Crippen molar-refractivity contribution in [3.05, 3.63) is 22.2 Å². The molecule has 106 valence electrons. The van der Waals surface area contributed by atoms with Crippen LogP contribution in [0.1, 0.15) is 12.0 Å². The van der Waals surface area contributed by atoms with Gasteiger partial charge < -0.3 is 19.5 Å². The zero-order chi connectivity index (χ0) is 14.4. The van der Waals surface area contributed by atoms with E-state index in [2.05, 4.69) is 15.9 Å². The molecular formula is C13H18BrNO4. The highest BCUT2D eigenvalue weighted by Crippen LogP contribution is 2.33. The first-order valence-corrected chi connectivity index (χ1v) is 6.58. The molecule has 1 aromatic carbocycles. The highest BCUT2D eigenvalue weighted by atomic mass is 79.9. The van der Waals surface area contributed by atoms with Gasteiger partial charge in [-0.05, 0) is 24.7 Å². The summed E-state index contributed by atoms with van der Waals surface area (Å²) in [5, 5.41) is 8.66. The number of methoxy groups -OCH3 is 2. The smallest absolute Gasteiger partial charge is 0.304 e. The Morgan fingerprint density at radius 1 is 1.32 bits per heavy atom. The Morgan fingerprint density at radius 3 is 2.42 bits per heavy atom. The molecule has 0 spiro atoms. The molecule has 0 atom stereocenters. The molecule has 0 fully saturated rings. The first-order valence-electron chi connectivity index (χ1n) is 5.78. The van der Waals surface area contributed by atoms with Gasteiger partial charge in [-0.3, -0.25) is 4.79 Å². The van der Waals surface area contributed by atoms with E-state index in [1.54, 1.807) is 14.2 Å². The third kappa shape index (κ3) is 4.72. The Balaban J connectivity index is 2.80. The van der Waals surface area contributed by atoms with Crippen LogP contribution in [0.2, 0.25) is 0 Å². The van der Waals surface area contributed by atoms with Gasteiger partial charge in [0.2, 0.25) is 0 Å². The number of aliphatic carboxylic acids is 1. The van der Waals surface area contributed by atoms with Crippen LogP contribution in [0.15, 0.2) is 16.6 Å². The molecule has 0 amide bonds. The number of carboxylic acid groups (broad SMARTS) is 1. The lowest BCUT2D eigenvalue weighted by Crippen LogP contribution is -2.21. The quantitative estimate of drug-likeness (QED) is 0.831. The Bertz CT molecular complexity index is 451. The lowest BCUT2D eigenvalue weighted by Gasteiger charge is -2.18. The summed E-state index contributed by atoms with van der Waals surface area (Å²) in [7, 11) is 5.05. The summed E-state index contributed by atoms with van der Waals surface area (Å²) in [4.78, 5) is 12.5. The summed E-state index contributed by atoms with van der Waals surface area (Å²) in [6.07, 6.45) is 0.126. The lowest BCUT2D eigenvalue weighted by atomic mass is 10.2. The van der Waals surface area contributed by atoms with Crippen LogP contribution in [0.25, 0.3) is 0 Å². The Labute approximate surface area is 121 Å². The maximum absolute atomic E-state index is 10.5. The van der Waals surface area contributed by atoms with Crippen LogP contribution in [-0.2, 0) is 11.3 Å². The maximum Gasteiger partial charge on any atom is 0.304 e. The number of halogens is 1. The minimum Gasteiger partial charge on any atom is -0.493 e. The Kier molecular flexibility index (Phi) is 6.11. The molecular weight excluding hydrogens is 314 g/mol. The van der Waals surface area contributed by atoms with E-state index in [4.69, 9.17) is 14.6 Å². The van der Waals surface area contributed by atoms with Crippen LogP contribution >= 0.6 is 15.9 Å². The predicted molar refractivity (Wildman–Crippen MR) is 75.8 cm³/mol. The predicted octanol–water partition coefficient (Wildman–Crippen LogP) is 2.37. The summed E-state index contributed by atoms with van der Waals surface area (Å²) < 4.78 is 11.4. The molecule has 6 heteroatoms. The van der Waals surface area contributed by atoms with Gasteiger partial charge in [0.25, 0.3) is 0 Å². The third-order valence-corrected chi connectivity index (χ3v) is 3.44. The van der Waals surface area contributed by atoms with E-state index in [1.165, 1.54) is 0 Å². The molecule has 0 aliphatic carbocycles. The minimum atomic E-state index is -0.793. The van der Waals surface area contributed by atoms with E-state index < -0.39 is 5.97 Å². The zero-order valence-electron chi connectivity index (χ0n) is 11.3. The molecule has 0 aromatic heterocycles. The molecule has 1 N–H and O–H groups in total. The van der Waals surface area contributed by atoms with Crippen molar-refractivity contribution in [2.75, 3.05) is 27.8 Å². The fourth-order valence-electron chi connectivity index (χ4n) is 1.67. The number of carboxylic acids is 1. The van der Waals surface area contributed by atoms with Crippen LogP contribution < -0.4 is 9.47 Å². The molecule has 0 radical (unpaired) electrons. The number of benzene rings is 1. The van der Waals surface area contributed by atoms with Gasteiger partial charge in [0.05, 0.1) is 20.6 Å². The standard InChI is InChI=1S/C13H18BrNO4/c1-15(5-4-13(16)17)8-9-6-11(18-2)12(19-3)7-10(9)14/h6-7H,4-5,8H2,1-3H3,(H,16,17). The number of carbonyl (C=O) groups is 1. The highest BCUT2D eigenvalue weighted by molar-refractivity contribution is 9.10. The monoisotopic (exact) mass is 331 g/mol. The van der Waals surface area contributed by atoms with E-state index in [-0.39, 0.29) is 6.42 Å². The zero-order valence-corrected chi connectivity index (χ0v) is 12.9. The third-order valence-electron chi connectivity index (χ3n) is 2.70. The second-order valence-electron chi connectivity index (χ2n) is 4.18. The van der Waals surface area contributed by atoms with Crippen LogP contribution in [0, 0.1) is 0 Å². The van der Waals surface area contributed by atoms with Crippen molar-refractivity contribution >= 4 is 21.9 Å². The van der Waals surface area contributed by atoms with Gasteiger partial charge in [0.15, 0.2) is 11.5 Å². The van der Waals surface area contributed by atoms with Crippen LogP contribution in [0.5, 0.6) is 11.5 Å². The molecule has 0 saturated carbocycles. The SMILES string of the molecule is COc1cc(Br)c(CN(C)CCC(=O)O)cc1OC. The summed E-state index contributed by atoms with van der Waals surface area (Å²) in [5.74, 6) is 0.525. The minimum absolute atomic E-state index is 0.126. The molecule has 0 aliphatic rings. The van der Waals surface area contributed by atoms with Crippen molar-refractivity contribution in [2.24, 2.45) is 0 Å². The van der Waals surface area contributed by atoms with Crippen molar-refractivity contribution in [2.45, 2.75) is 13.0 Å². The van der Waals surface area contributed by atoms with Crippen molar-refractivity contribution in [1.29, 1.82) is 0 Å². The van der Waals surface area contributed by atoms with Gasteiger partial charge in [-0.15, -0.1) is 0 Å². The molecule has 0 saturated heterocycles. The summed E-state index contributed by atoms with van der Waals surface area (Å²) in [6.45, 7) is 1.13. The number of nitrogens with zero attached hydrogens (tertiary/aromatic N) is 1. The van der Waals surface area contributed by atoms with Crippen LogP contribution in [-0.4, -0.2) is 43.8 Å². The van der Waals surface area contributed by atoms with Crippen LogP contribution in [0.3, 0.4) is 0 Å². The van der Waals surface area contributed by atoms with Crippen molar-refractivity contribution in [3.8, 4) is 11.5 Å². The van der Waals surface area contributed by atoms with Gasteiger partial charge in [0, 0.05) is 17.6 Å². The molecule has 0 bridgehead atoms. The fourth-order valence-corrected chi connectivity index (χ4v) is 2.12. The molecule has 1 aromatic rings. The highest BCUT2D eigenvalue weighted by Gasteiger charge is 2.11. The van der Waals surface area contributed by atoms with Gasteiger partial charge in [-0.2, -0.15) is 0 Å². The number of ether oxygens (including phenoxy) is 2. The number of hydrogen-bond acceptors (Lipinski definition) is 4. The van der Waals surface area contributed by atoms with Crippen LogP contribution in [0.4, 0.5) is 0 Å². The molecule has 0 unspecified atom stereocenters. The average Bonchev–Trinajstić information content (AvgIpc) is 2.38. The summed E-state index contributed by atoms with van der Waals surface area (Å²) in [6, 6.07) is 3.74.